The molecule has 2 aliphatic rings. The Morgan fingerprint density at radius 2 is 2.00 bits per heavy atom. The van der Waals surface area contributed by atoms with E-state index in [1.54, 1.807) is 19.3 Å². The minimum atomic E-state index is 0.921. The molecule has 1 unspecified atom stereocenters. The Bertz CT molecular complexity index is 131. The molecular formula is C10H18. The maximum Gasteiger partial charge on any atom is -0.0269 e. The fourth-order valence-corrected chi connectivity index (χ4v) is 2.51. The largest absolute Gasteiger partial charge is 0.0628 e. The minimum absolute atomic E-state index is 0.921. The van der Waals surface area contributed by atoms with Crippen LogP contribution in [0.3, 0.4) is 0 Å². The van der Waals surface area contributed by atoms with Gasteiger partial charge in [-0.1, -0.05) is 13.8 Å². The van der Waals surface area contributed by atoms with Gasteiger partial charge in [0.05, 0.1) is 0 Å². The molecule has 0 aromatic carbocycles. The van der Waals surface area contributed by atoms with Crippen molar-refractivity contribution in [3.05, 3.63) is 0 Å². The Labute approximate surface area is 64.0 Å². The summed E-state index contributed by atoms with van der Waals surface area (Å²) in [5.41, 5.74) is 0.921. The van der Waals surface area contributed by atoms with E-state index in [0.29, 0.717) is 0 Å². The predicted octanol–water partition coefficient (Wildman–Crippen LogP) is 3.22. The summed E-state index contributed by atoms with van der Waals surface area (Å²) in [5.74, 6) is 2.07. The molecule has 0 heterocycles. The Balaban J connectivity index is 1.84. The summed E-state index contributed by atoms with van der Waals surface area (Å²) in [6.07, 6.45) is 7.72. The summed E-state index contributed by atoms with van der Waals surface area (Å²) in [7, 11) is 0. The first kappa shape index (κ1) is 6.69. The summed E-state index contributed by atoms with van der Waals surface area (Å²) >= 11 is 0. The summed E-state index contributed by atoms with van der Waals surface area (Å²) in [6.45, 7) is 4.71. The fraction of sp³-hybridized carbons (Fsp3) is 1.00. The molecule has 0 aliphatic heterocycles. The zero-order chi connectivity index (χ0) is 7.19. The molecule has 0 saturated heterocycles. The number of hydrogen-bond donors (Lipinski definition) is 0. The third kappa shape index (κ3) is 0.889. The van der Waals surface area contributed by atoms with E-state index in [1.165, 1.54) is 12.8 Å². The topological polar surface area (TPSA) is 0 Å². The van der Waals surface area contributed by atoms with Crippen LogP contribution in [0, 0.1) is 17.3 Å². The molecule has 2 aliphatic carbocycles. The van der Waals surface area contributed by atoms with Gasteiger partial charge in [0.1, 0.15) is 0 Å². The Kier molecular flexibility index (Phi) is 1.33. The zero-order valence-electron chi connectivity index (χ0n) is 7.19. The first-order valence-electron chi connectivity index (χ1n) is 4.73. The fourth-order valence-electron chi connectivity index (χ4n) is 2.51. The summed E-state index contributed by atoms with van der Waals surface area (Å²) in [5, 5.41) is 0. The van der Waals surface area contributed by atoms with Gasteiger partial charge in [0.15, 0.2) is 0 Å². The van der Waals surface area contributed by atoms with Gasteiger partial charge in [-0.05, 0) is 49.4 Å². The van der Waals surface area contributed by atoms with Crippen molar-refractivity contribution in [2.75, 3.05) is 0 Å². The molecule has 0 bridgehead atoms. The highest BCUT2D eigenvalue weighted by atomic mass is 14.6. The molecule has 2 rings (SSSR count). The van der Waals surface area contributed by atoms with E-state index in [4.69, 9.17) is 0 Å². The van der Waals surface area contributed by atoms with Gasteiger partial charge in [-0.25, -0.2) is 0 Å². The predicted molar refractivity (Wildman–Crippen MR) is 43.8 cm³/mol. The Hall–Kier alpha value is 0. The van der Waals surface area contributed by atoms with Crippen LogP contribution in [-0.4, -0.2) is 0 Å². The van der Waals surface area contributed by atoms with E-state index in [1.807, 2.05) is 0 Å². The maximum atomic E-state index is 2.36. The maximum absolute atomic E-state index is 2.36. The van der Waals surface area contributed by atoms with Crippen LogP contribution in [0.15, 0.2) is 0 Å². The molecule has 10 heavy (non-hydrogen) atoms. The van der Waals surface area contributed by atoms with Gasteiger partial charge >= 0.3 is 0 Å². The zero-order valence-corrected chi connectivity index (χ0v) is 7.19. The standard InChI is InChI=1S/C10H18/c1-8(2)7-9-3-4-10(9)5-6-10/h8-9H,3-7H2,1-2H3. The quantitative estimate of drug-likeness (QED) is 0.549. The van der Waals surface area contributed by atoms with Crippen molar-refractivity contribution >= 4 is 0 Å². The molecule has 1 atom stereocenters. The first-order valence-corrected chi connectivity index (χ1v) is 4.73. The van der Waals surface area contributed by atoms with Crippen molar-refractivity contribution < 1.29 is 0 Å². The second-order valence-electron chi connectivity index (χ2n) is 4.73. The molecule has 0 radical (unpaired) electrons. The summed E-state index contributed by atoms with van der Waals surface area (Å²) in [6, 6.07) is 0. The van der Waals surface area contributed by atoms with E-state index >= 15 is 0 Å². The van der Waals surface area contributed by atoms with Crippen molar-refractivity contribution in [1.82, 2.24) is 0 Å². The average molecular weight is 138 g/mol. The van der Waals surface area contributed by atoms with Crippen molar-refractivity contribution in [2.45, 2.75) is 46.0 Å². The second-order valence-corrected chi connectivity index (χ2v) is 4.73. The summed E-state index contributed by atoms with van der Waals surface area (Å²) < 4.78 is 0. The molecule has 0 aromatic rings. The van der Waals surface area contributed by atoms with Crippen molar-refractivity contribution in [3.8, 4) is 0 Å². The molecule has 1 spiro atoms. The molecule has 58 valence electrons. The minimum Gasteiger partial charge on any atom is -0.0628 e. The van der Waals surface area contributed by atoms with Crippen LogP contribution in [0.2, 0.25) is 0 Å². The van der Waals surface area contributed by atoms with Crippen LogP contribution in [0.5, 0.6) is 0 Å². The van der Waals surface area contributed by atoms with Gasteiger partial charge < -0.3 is 0 Å². The van der Waals surface area contributed by atoms with E-state index in [-0.39, 0.29) is 0 Å². The second kappa shape index (κ2) is 1.99. The lowest BCUT2D eigenvalue weighted by molar-refractivity contribution is 0.122. The van der Waals surface area contributed by atoms with Gasteiger partial charge in [-0.3, -0.25) is 0 Å². The highest BCUT2D eigenvalue weighted by Gasteiger charge is 2.54. The van der Waals surface area contributed by atoms with E-state index in [2.05, 4.69) is 13.8 Å². The highest BCUT2D eigenvalue weighted by Crippen LogP contribution is 2.65. The third-order valence-electron chi connectivity index (χ3n) is 3.50. The third-order valence-corrected chi connectivity index (χ3v) is 3.50. The van der Waals surface area contributed by atoms with Gasteiger partial charge in [-0.15, -0.1) is 0 Å². The van der Waals surface area contributed by atoms with E-state index in [0.717, 1.165) is 17.3 Å². The Morgan fingerprint density at radius 1 is 1.30 bits per heavy atom. The van der Waals surface area contributed by atoms with Crippen molar-refractivity contribution in [3.63, 3.8) is 0 Å². The van der Waals surface area contributed by atoms with Crippen LogP contribution < -0.4 is 0 Å². The van der Waals surface area contributed by atoms with E-state index in [9.17, 15) is 0 Å². The van der Waals surface area contributed by atoms with Crippen molar-refractivity contribution in [2.24, 2.45) is 17.3 Å². The lowest BCUT2D eigenvalue weighted by Gasteiger charge is -2.38. The molecule has 0 nitrogen and oxygen atoms in total. The van der Waals surface area contributed by atoms with Crippen LogP contribution in [0.25, 0.3) is 0 Å². The Morgan fingerprint density at radius 3 is 2.30 bits per heavy atom. The monoisotopic (exact) mass is 138 g/mol. The van der Waals surface area contributed by atoms with Crippen molar-refractivity contribution in [1.29, 1.82) is 0 Å². The van der Waals surface area contributed by atoms with Crippen LogP contribution in [0.1, 0.15) is 46.0 Å². The lowest BCUT2D eigenvalue weighted by Crippen LogP contribution is -2.28. The molecule has 0 heteroatoms. The molecular weight excluding hydrogens is 120 g/mol. The number of rotatable bonds is 2. The van der Waals surface area contributed by atoms with Crippen LogP contribution in [0.4, 0.5) is 0 Å². The molecule has 0 aromatic heterocycles. The highest BCUT2D eigenvalue weighted by molar-refractivity contribution is 5.05. The smallest absolute Gasteiger partial charge is 0.0269 e. The van der Waals surface area contributed by atoms with Gasteiger partial charge in [0, 0.05) is 0 Å². The lowest BCUT2D eigenvalue weighted by atomic mass is 9.67. The van der Waals surface area contributed by atoms with Gasteiger partial charge in [-0.2, -0.15) is 0 Å². The average Bonchev–Trinajstić information content (AvgIpc) is 2.59. The SMILES string of the molecule is CC(C)CC1CCC12CC2. The van der Waals surface area contributed by atoms with Gasteiger partial charge in [0.25, 0.3) is 0 Å². The van der Waals surface area contributed by atoms with Gasteiger partial charge in [0.2, 0.25) is 0 Å². The number of hydrogen-bond acceptors (Lipinski definition) is 0. The first-order chi connectivity index (χ1) is 4.73. The molecule has 2 saturated carbocycles. The summed E-state index contributed by atoms with van der Waals surface area (Å²) in [4.78, 5) is 0. The molecule has 0 N–H and O–H groups in total. The van der Waals surface area contributed by atoms with Crippen LogP contribution >= 0.6 is 0 Å². The normalized spacial score (nSPS) is 34.5. The molecule has 2 fully saturated rings. The van der Waals surface area contributed by atoms with Crippen LogP contribution in [-0.2, 0) is 0 Å². The molecule has 0 amide bonds. The van der Waals surface area contributed by atoms with E-state index < -0.39 is 0 Å².